The van der Waals surface area contributed by atoms with Gasteiger partial charge in [-0.3, -0.25) is 9.59 Å². The van der Waals surface area contributed by atoms with Crippen molar-refractivity contribution in [3.63, 3.8) is 0 Å². The maximum Gasteiger partial charge on any atom is 0.263 e. The summed E-state index contributed by atoms with van der Waals surface area (Å²) < 4.78 is 0. The van der Waals surface area contributed by atoms with Gasteiger partial charge in [0.05, 0.1) is 0 Å². The molecule has 0 aliphatic heterocycles. The zero-order chi connectivity index (χ0) is 16.8. The Balaban J connectivity index is 2.16. The second kappa shape index (κ2) is 8.10. The zero-order valence-corrected chi connectivity index (χ0v) is 14.0. The molecular weight excluding hydrogens is 339 g/mol. The Bertz CT molecular complexity index is 741. The summed E-state index contributed by atoms with van der Waals surface area (Å²) in [5.74, 6) is -0.0758. The van der Waals surface area contributed by atoms with Crippen molar-refractivity contribution >= 4 is 29.1 Å². The summed E-state index contributed by atoms with van der Waals surface area (Å²) in [6, 6.07) is 5.16. The molecule has 0 bridgehead atoms. The number of aromatic amines is 1. The number of nitrogens with one attached hydrogen (secondary N) is 3. The average molecular weight is 355 g/mol. The first-order chi connectivity index (χ1) is 11.0. The Labute approximate surface area is 143 Å². The lowest BCUT2D eigenvalue weighted by molar-refractivity contribution is 0.0952. The highest BCUT2D eigenvalue weighted by atomic mass is 35.5. The molecule has 3 N–H and O–H groups in total. The molecule has 8 heteroatoms. The smallest absolute Gasteiger partial charge is 0.263 e. The number of amides is 1. The van der Waals surface area contributed by atoms with Crippen LogP contribution in [0.4, 0.5) is 0 Å². The third-order valence-electron chi connectivity index (χ3n) is 3.16. The molecule has 0 saturated carbocycles. The van der Waals surface area contributed by atoms with Crippen molar-refractivity contribution in [3.8, 4) is 0 Å². The number of carbonyl (C=O) groups is 1. The second-order valence-corrected chi connectivity index (χ2v) is 5.62. The Morgan fingerprint density at radius 3 is 2.57 bits per heavy atom. The number of likely N-dealkylation sites (N-methyl/N-ethyl adjacent to an activating group) is 1. The average Bonchev–Trinajstić information content (AvgIpc) is 2.51. The largest absolute Gasteiger partial charge is 0.351 e. The molecule has 0 atom stereocenters. The number of carbonyl (C=O) groups excluding carboxylic acids is 1. The van der Waals surface area contributed by atoms with Crippen LogP contribution in [0.5, 0.6) is 0 Å². The van der Waals surface area contributed by atoms with Crippen LogP contribution in [0, 0.1) is 0 Å². The van der Waals surface area contributed by atoms with Gasteiger partial charge in [-0.05, 0) is 24.7 Å². The van der Waals surface area contributed by atoms with Crippen LogP contribution in [-0.4, -0.2) is 36.0 Å². The van der Waals surface area contributed by atoms with Crippen molar-refractivity contribution in [1.82, 2.24) is 20.6 Å². The molecule has 0 aliphatic rings. The highest BCUT2D eigenvalue weighted by molar-refractivity contribution is 6.36. The Kier molecular flexibility index (Phi) is 6.15. The molecule has 1 heterocycles. The molecule has 2 rings (SSSR count). The minimum Gasteiger partial charge on any atom is -0.351 e. The van der Waals surface area contributed by atoms with Gasteiger partial charge in [0.1, 0.15) is 11.4 Å². The van der Waals surface area contributed by atoms with Crippen LogP contribution >= 0.6 is 23.2 Å². The van der Waals surface area contributed by atoms with Gasteiger partial charge in [-0.2, -0.15) is 0 Å². The van der Waals surface area contributed by atoms with Crippen molar-refractivity contribution in [2.24, 2.45) is 0 Å². The summed E-state index contributed by atoms with van der Waals surface area (Å²) in [4.78, 5) is 30.6. The Hall–Kier alpha value is -1.89. The molecular formula is C15H16Cl2N4O2. The molecule has 122 valence electrons. The minimum atomic E-state index is -0.500. The number of benzene rings is 1. The quantitative estimate of drug-likeness (QED) is 0.688. The van der Waals surface area contributed by atoms with E-state index in [9.17, 15) is 9.59 Å². The SMILES string of the molecule is CNCCNC(=O)c1cnc(Cc2c(Cl)cccc2Cl)[nH]c1=O. The van der Waals surface area contributed by atoms with Crippen LogP contribution in [-0.2, 0) is 6.42 Å². The highest BCUT2D eigenvalue weighted by Crippen LogP contribution is 2.25. The van der Waals surface area contributed by atoms with Gasteiger partial charge in [-0.1, -0.05) is 29.3 Å². The fourth-order valence-electron chi connectivity index (χ4n) is 1.95. The molecule has 0 aliphatic carbocycles. The van der Waals surface area contributed by atoms with E-state index in [0.717, 1.165) is 0 Å². The van der Waals surface area contributed by atoms with Gasteiger partial charge in [0, 0.05) is 35.8 Å². The second-order valence-electron chi connectivity index (χ2n) is 4.81. The molecule has 1 aromatic heterocycles. The van der Waals surface area contributed by atoms with Crippen LogP contribution in [0.15, 0.2) is 29.2 Å². The Morgan fingerprint density at radius 1 is 1.26 bits per heavy atom. The van der Waals surface area contributed by atoms with Gasteiger partial charge >= 0.3 is 0 Å². The molecule has 0 spiro atoms. The number of aromatic nitrogens is 2. The minimum absolute atomic E-state index is 0.0323. The first-order valence-electron chi connectivity index (χ1n) is 6.96. The van der Waals surface area contributed by atoms with Crippen molar-refractivity contribution in [2.45, 2.75) is 6.42 Å². The third-order valence-corrected chi connectivity index (χ3v) is 3.87. The number of halogens is 2. The van der Waals surface area contributed by atoms with E-state index >= 15 is 0 Å². The van der Waals surface area contributed by atoms with Gasteiger partial charge in [0.15, 0.2) is 0 Å². The van der Waals surface area contributed by atoms with Crippen LogP contribution in [0.2, 0.25) is 10.0 Å². The lowest BCUT2D eigenvalue weighted by atomic mass is 10.1. The molecule has 1 aromatic carbocycles. The van der Waals surface area contributed by atoms with E-state index in [4.69, 9.17) is 23.2 Å². The summed E-state index contributed by atoms with van der Waals surface area (Å²) >= 11 is 12.2. The van der Waals surface area contributed by atoms with Gasteiger partial charge in [0.2, 0.25) is 0 Å². The van der Waals surface area contributed by atoms with E-state index in [-0.39, 0.29) is 12.0 Å². The fraction of sp³-hybridized carbons (Fsp3) is 0.267. The zero-order valence-electron chi connectivity index (χ0n) is 12.5. The van der Waals surface area contributed by atoms with Crippen LogP contribution < -0.4 is 16.2 Å². The fourth-order valence-corrected chi connectivity index (χ4v) is 2.48. The van der Waals surface area contributed by atoms with Gasteiger partial charge in [-0.15, -0.1) is 0 Å². The number of hydrogen-bond donors (Lipinski definition) is 3. The van der Waals surface area contributed by atoms with Crippen molar-refractivity contribution in [3.05, 3.63) is 61.7 Å². The first-order valence-corrected chi connectivity index (χ1v) is 7.72. The molecule has 6 nitrogen and oxygen atoms in total. The lowest BCUT2D eigenvalue weighted by Crippen LogP contribution is -2.34. The van der Waals surface area contributed by atoms with E-state index in [1.807, 2.05) is 0 Å². The monoisotopic (exact) mass is 354 g/mol. The molecule has 1 amide bonds. The summed E-state index contributed by atoms with van der Waals surface area (Å²) in [6.07, 6.45) is 1.53. The van der Waals surface area contributed by atoms with E-state index in [0.29, 0.717) is 34.5 Å². The van der Waals surface area contributed by atoms with Crippen LogP contribution in [0.1, 0.15) is 21.7 Å². The standard InChI is InChI=1S/C15H16Cl2N4O2/c1-18-5-6-19-14(22)10-8-20-13(21-15(10)23)7-9-11(16)3-2-4-12(9)17/h2-4,8,18H,5-7H2,1H3,(H,19,22)(H,20,21,23). The molecule has 2 aromatic rings. The van der Waals surface area contributed by atoms with E-state index in [1.165, 1.54) is 6.20 Å². The maximum atomic E-state index is 12.0. The predicted octanol–water partition coefficient (Wildman–Crippen LogP) is 1.62. The molecule has 23 heavy (non-hydrogen) atoms. The number of H-pyrrole nitrogens is 1. The summed E-state index contributed by atoms with van der Waals surface area (Å²) in [5, 5.41) is 6.51. The summed E-state index contributed by atoms with van der Waals surface area (Å²) in [5.41, 5.74) is 0.139. The summed E-state index contributed by atoms with van der Waals surface area (Å²) in [7, 11) is 1.77. The first kappa shape index (κ1) is 17.5. The van der Waals surface area contributed by atoms with E-state index in [1.54, 1.807) is 25.2 Å². The van der Waals surface area contributed by atoms with E-state index in [2.05, 4.69) is 20.6 Å². The lowest BCUT2D eigenvalue weighted by Gasteiger charge is -2.07. The van der Waals surface area contributed by atoms with Gasteiger partial charge < -0.3 is 15.6 Å². The van der Waals surface area contributed by atoms with Gasteiger partial charge in [0.25, 0.3) is 11.5 Å². The van der Waals surface area contributed by atoms with E-state index < -0.39 is 11.5 Å². The van der Waals surface area contributed by atoms with Crippen molar-refractivity contribution in [2.75, 3.05) is 20.1 Å². The van der Waals surface area contributed by atoms with Crippen molar-refractivity contribution in [1.29, 1.82) is 0 Å². The highest BCUT2D eigenvalue weighted by Gasteiger charge is 2.13. The summed E-state index contributed by atoms with van der Waals surface area (Å²) in [6.45, 7) is 1.03. The Morgan fingerprint density at radius 2 is 1.96 bits per heavy atom. The molecule has 0 saturated heterocycles. The van der Waals surface area contributed by atoms with Crippen molar-refractivity contribution < 1.29 is 4.79 Å². The molecule has 0 fully saturated rings. The van der Waals surface area contributed by atoms with Gasteiger partial charge in [-0.25, -0.2) is 4.98 Å². The number of rotatable bonds is 6. The van der Waals surface area contributed by atoms with Crippen LogP contribution in [0.25, 0.3) is 0 Å². The topological polar surface area (TPSA) is 86.9 Å². The maximum absolute atomic E-state index is 12.0. The number of nitrogens with zero attached hydrogens (tertiary/aromatic N) is 1. The predicted molar refractivity (Wildman–Crippen MR) is 90.4 cm³/mol. The molecule has 0 radical (unpaired) electrons. The third kappa shape index (κ3) is 4.54. The number of hydrogen-bond acceptors (Lipinski definition) is 4. The van der Waals surface area contributed by atoms with Crippen LogP contribution in [0.3, 0.4) is 0 Å². The normalized spacial score (nSPS) is 10.6. The molecule has 0 unspecified atom stereocenters.